The van der Waals surface area contributed by atoms with Crippen LogP contribution in [-0.2, 0) is 9.63 Å². The summed E-state index contributed by atoms with van der Waals surface area (Å²) in [5.41, 5.74) is 0.972. The first-order chi connectivity index (χ1) is 7.16. The van der Waals surface area contributed by atoms with Crippen molar-refractivity contribution in [3.8, 4) is 0 Å². The summed E-state index contributed by atoms with van der Waals surface area (Å²) in [6.45, 7) is 6.88. The van der Waals surface area contributed by atoms with Gasteiger partial charge in [-0.3, -0.25) is 0 Å². The second kappa shape index (κ2) is 4.31. The molecule has 0 radical (unpaired) electrons. The van der Waals surface area contributed by atoms with E-state index in [1.54, 1.807) is 0 Å². The Kier molecular flexibility index (Phi) is 3.05. The number of rotatable bonds is 2. The fourth-order valence-corrected chi connectivity index (χ4v) is 2.64. The quantitative estimate of drug-likeness (QED) is 0.391. The summed E-state index contributed by atoms with van der Waals surface area (Å²) in [6.07, 6.45) is 2.52. The lowest BCUT2D eigenvalue weighted by atomic mass is 9.77. The van der Waals surface area contributed by atoms with Gasteiger partial charge in [0.25, 0.3) is 0 Å². The average Bonchev–Trinajstić information content (AvgIpc) is 2.27. The van der Waals surface area contributed by atoms with E-state index in [2.05, 4.69) is 10.1 Å². The molecule has 3 heterocycles. The number of fused-ring (bicyclic) bond motifs is 3. The van der Waals surface area contributed by atoms with E-state index in [4.69, 9.17) is 4.84 Å². The van der Waals surface area contributed by atoms with Crippen molar-refractivity contribution in [2.24, 2.45) is 17.0 Å². The molecule has 15 heavy (non-hydrogen) atoms. The van der Waals surface area contributed by atoms with Crippen molar-refractivity contribution >= 4 is 11.7 Å². The van der Waals surface area contributed by atoms with E-state index < -0.39 is 0 Å². The highest BCUT2D eigenvalue weighted by Gasteiger charge is 2.35. The van der Waals surface area contributed by atoms with Crippen LogP contribution in [0.4, 0.5) is 0 Å². The maximum atomic E-state index is 10.7. The Balaban J connectivity index is 1.98. The second-order valence-corrected chi connectivity index (χ2v) is 4.56. The van der Waals surface area contributed by atoms with Gasteiger partial charge in [0, 0.05) is 19.4 Å². The minimum atomic E-state index is -0.337. The van der Waals surface area contributed by atoms with Crippen molar-refractivity contribution in [1.82, 2.24) is 4.90 Å². The lowest BCUT2D eigenvalue weighted by molar-refractivity contribution is -0.141. The third-order valence-corrected chi connectivity index (χ3v) is 3.51. The minimum absolute atomic E-state index is 0.337. The summed E-state index contributed by atoms with van der Waals surface area (Å²) in [7, 11) is 0. The van der Waals surface area contributed by atoms with Gasteiger partial charge >= 0.3 is 5.97 Å². The monoisotopic (exact) mass is 210 g/mol. The molecule has 3 rings (SSSR count). The standard InChI is InChI=1S/C11H18N2O2/c1-8(12-15-9(2)14)11-7-13-5-3-10(11)4-6-13/h10-11H,3-7H2,1-2H3/t11-/m0/s1. The molecule has 3 aliphatic rings. The molecule has 84 valence electrons. The highest BCUT2D eigenvalue weighted by atomic mass is 16.7. The molecular formula is C11H18N2O2. The number of carbonyl (C=O) groups is 1. The van der Waals surface area contributed by atoms with Crippen molar-refractivity contribution < 1.29 is 9.63 Å². The lowest BCUT2D eigenvalue weighted by Gasteiger charge is -2.44. The molecule has 0 unspecified atom stereocenters. The van der Waals surface area contributed by atoms with E-state index >= 15 is 0 Å². The zero-order valence-electron chi connectivity index (χ0n) is 9.40. The van der Waals surface area contributed by atoms with Gasteiger partial charge in [-0.1, -0.05) is 5.16 Å². The third kappa shape index (κ3) is 2.37. The Labute approximate surface area is 90.3 Å². The van der Waals surface area contributed by atoms with E-state index in [9.17, 15) is 4.79 Å². The van der Waals surface area contributed by atoms with Crippen LogP contribution in [0.5, 0.6) is 0 Å². The third-order valence-electron chi connectivity index (χ3n) is 3.51. The zero-order valence-corrected chi connectivity index (χ0v) is 9.40. The van der Waals surface area contributed by atoms with Gasteiger partial charge in [0.05, 0.1) is 5.71 Å². The van der Waals surface area contributed by atoms with Gasteiger partial charge in [-0.15, -0.1) is 0 Å². The van der Waals surface area contributed by atoms with Crippen LogP contribution in [0, 0.1) is 11.8 Å². The van der Waals surface area contributed by atoms with Gasteiger partial charge in [0.1, 0.15) is 0 Å². The Morgan fingerprint density at radius 1 is 1.33 bits per heavy atom. The topological polar surface area (TPSA) is 41.9 Å². The first-order valence-corrected chi connectivity index (χ1v) is 5.61. The molecule has 3 aliphatic heterocycles. The van der Waals surface area contributed by atoms with E-state index in [0.29, 0.717) is 5.92 Å². The highest BCUT2D eigenvalue weighted by Crippen LogP contribution is 2.33. The summed E-state index contributed by atoms with van der Waals surface area (Å²) in [4.78, 5) is 17.8. The van der Waals surface area contributed by atoms with Gasteiger partial charge in [-0.25, -0.2) is 4.79 Å². The molecule has 3 fully saturated rings. The van der Waals surface area contributed by atoms with Crippen LogP contribution >= 0.6 is 0 Å². The molecule has 4 heteroatoms. The summed E-state index contributed by atoms with van der Waals surface area (Å²) in [5, 5.41) is 3.91. The maximum Gasteiger partial charge on any atom is 0.331 e. The second-order valence-electron chi connectivity index (χ2n) is 4.56. The number of carbonyl (C=O) groups excluding carboxylic acids is 1. The molecule has 3 saturated heterocycles. The van der Waals surface area contributed by atoms with E-state index in [0.717, 1.165) is 18.2 Å². The van der Waals surface area contributed by atoms with Gasteiger partial charge < -0.3 is 9.74 Å². The fraction of sp³-hybridized carbons (Fsp3) is 0.818. The van der Waals surface area contributed by atoms with Crippen molar-refractivity contribution in [3.63, 3.8) is 0 Å². The molecule has 0 N–H and O–H groups in total. The molecule has 1 atom stereocenters. The van der Waals surface area contributed by atoms with E-state index in [1.165, 1.54) is 32.9 Å². The summed E-state index contributed by atoms with van der Waals surface area (Å²) in [5.74, 6) is 0.900. The van der Waals surface area contributed by atoms with Gasteiger partial charge in [0.2, 0.25) is 0 Å². The number of oxime groups is 1. The van der Waals surface area contributed by atoms with Crippen LogP contribution in [-0.4, -0.2) is 36.2 Å². The van der Waals surface area contributed by atoms with Gasteiger partial charge in [0.15, 0.2) is 0 Å². The van der Waals surface area contributed by atoms with Crippen LogP contribution in [0.1, 0.15) is 26.7 Å². The van der Waals surface area contributed by atoms with Gasteiger partial charge in [-0.05, 0) is 38.8 Å². The minimum Gasteiger partial charge on any atom is -0.319 e. The summed E-state index contributed by atoms with van der Waals surface area (Å²) in [6, 6.07) is 0. The van der Waals surface area contributed by atoms with E-state index in [-0.39, 0.29) is 5.97 Å². The molecule has 4 nitrogen and oxygen atoms in total. The zero-order chi connectivity index (χ0) is 10.8. The summed E-state index contributed by atoms with van der Waals surface area (Å²) >= 11 is 0. The average molecular weight is 210 g/mol. The largest absolute Gasteiger partial charge is 0.331 e. The molecule has 0 aromatic rings. The van der Waals surface area contributed by atoms with Crippen molar-refractivity contribution in [3.05, 3.63) is 0 Å². The van der Waals surface area contributed by atoms with Crippen LogP contribution in [0.2, 0.25) is 0 Å². The smallest absolute Gasteiger partial charge is 0.319 e. The van der Waals surface area contributed by atoms with Gasteiger partial charge in [-0.2, -0.15) is 0 Å². The Morgan fingerprint density at radius 2 is 2.00 bits per heavy atom. The van der Waals surface area contributed by atoms with Crippen LogP contribution in [0.25, 0.3) is 0 Å². The Morgan fingerprint density at radius 3 is 2.47 bits per heavy atom. The Hall–Kier alpha value is -0.900. The predicted molar refractivity (Wildman–Crippen MR) is 57.5 cm³/mol. The molecule has 0 aromatic carbocycles. The number of nitrogens with zero attached hydrogens (tertiary/aromatic N) is 2. The van der Waals surface area contributed by atoms with Crippen molar-refractivity contribution in [2.75, 3.05) is 19.6 Å². The lowest BCUT2D eigenvalue weighted by Crippen LogP contribution is -2.49. The normalized spacial score (nSPS) is 35.3. The molecule has 0 amide bonds. The van der Waals surface area contributed by atoms with E-state index in [1.807, 2.05) is 6.92 Å². The number of hydrogen-bond donors (Lipinski definition) is 0. The first-order valence-electron chi connectivity index (χ1n) is 5.61. The molecule has 0 spiro atoms. The molecule has 0 saturated carbocycles. The molecular weight excluding hydrogens is 192 g/mol. The van der Waals surface area contributed by atoms with Crippen molar-refractivity contribution in [1.29, 1.82) is 0 Å². The van der Waals surface area contributed by atoms with Crippen molar-refractivity contribution in [2.45, 2.75) is 26.7 Å². The fourth-order valence-electron chi connectivity index (χ4n) is 2.64. The van der Waals surface area contributed by atoms with Crippen LogP contribution < -0.4 is 0 Å². The molecule has 0 aromatic heterocycles. The number of hydrogen-bond acceptors (Lipinski definition) is 4. The number of piperidine rings is 3. The van der Waals surface area contributed by atoms with Crippen LogP contribution in [0.3, 0.4) is 0 Å². The first kappa shape index (κ1) is 10.6. The predicted octanol–water partition coefficient (Wildman–Crippen LogP) is 1.27. The SMILES string of the molecule is CC(=O)ON=C(C)[C@@H]1CN2CCC1CC2. The summed E-state index contributed by atoms with van der Waals surface area (Å²) < 4.78 is 0. The molecule has 2 bridgehead atoms. The Bertz CT molecular complexity index is 280. The van der Waals surface area contributed by atoms with Crippen LogP contribution in [0.15, 0.2) is 5.16 Å². The highest BCUT2D eigenvalue weighted by molar-refractivity contribution is 5.85. The maximum absolute atomic E-state index is 10.7. The molecule has 0 aliphatic carbocycles.